The lowest BCUT2D eigenvalue weighted by Crippen LogP contribution is -2.28. The van der Waals surface area contributed by atoms with Gasteiger partial charge in [0.2, 0.25) is 0 Å². The number of hydrogen-bond donors (Lipinski definition) is 1. The summed E-state index contributed by atoms with van der Waals surface area (Å²) in [5.74, 6) is 0.683. The second-order valence-electron chi connectivity index (χ2n) is 7.82. The van der Waals surface area contributed by atoms with E-state index in [0.29, 0.717) is 6.04 Å². The van der Waals surface area contributed by atoms with Gasteiger partial charge in [-0.25, -0.2) is 4.68 Å². The smallest absolute Gasteiger partial charge is 0.265 e. The number of rotatable bonds is 6. The van der Waals surface area contributed by atoms with Crippen LogP contribution in [-0.2, 0) is 6.54 Å². The van der Waals surface area contributed by atoms with Gasteiger partial charge in [-0.2, -0.15) is 0 Å². The summed E-state index contributed by atoms with van der Waals surface area (Å²) in [7, 11) is 0. The number of nitrogens with zero attached hydrogens (tertiary/aromatic N) is 5. The SMILES string of the molecule is O=C(Nc1cccc(-c2nnnn2C2CC2)c1)c1ccc(CN2CCCCC2)s1. The zero-order valence-corrected chi connectivity index (χ0v) is 17.1. The zero-order chi connectivity index (χ0) is 19.6. The molecule has 3 heterocycles. The number of aromatic nitrogens is 4. The van der Waals surface area contributed by atoms with Gasteiger partial charge in [0, 0.05) is 22.7 Å². The molecule has 0 bridgehead atoms. The molecule has 1 N–H and O–H groups in total. The Bertz CT molecular complexity index is 1000. The molecule has 1 aliphatic carbocycles. The Kier molecular flexibility index (Phi) is 5.12. The first-order valence-electron chi connectivity index (χ1n) is 10.3. The van der Waals surface area contributed by atoms with Crippen molar-refractivity contribution in [1.82, 2.24) is 25.1 Å². The molecule has 29 heavy (non-hydrogen) atoms. The van der Waals surface area contributed by atoms with Gasteiger partial charge in [-0.3, -0.25) is 9.69 Å². The minimum Gasteiger partial charge on any atom is -0.321 e. The van der Waals surface area contributed by atoms with E-state index in [2.05, 4.69) is 31.8 Å². The summed E-state index contributed by atoms with van der Waals surface area (Å²) >= 11 is 1.58. The highest BCUT2D eigenvalue weighted by molar-refractivity contribution is 7.14. The second-order valence-corrected chi connectivity index (χ2v) is 8.98. The molecule has 2 aliphatic rings. The maximum Gasteiger partial charge on any atom is 0.265 e. The number of benzene rings is 1. The second kappa shape index (κ2) is 8.04. The first kappa shape index (κ1) is 18.4. The van der Waals surface area contributed by atoms with Crippen LogP contribution in [0.15, 0.2) is 36.4 Å². The van der Waals surface area contributed by atoms with Crippen LogP contribution in [0.3, 0.4) is 0 Å². The van der Waals surface area contributed by atoms with Crippen LogP contribution in [-0.4, -0.2) is 44.1 Å². The molecular formula is C21H24N6OS. The number of anilines is 1. The fourth-order valence-electron chi connectivity index (χ4n) is 3.80. The molecule has 7 nitrogen and oxygen atoms in total. The van der Waals surface area contributed by atoms with Gasteiger partial charge < -0.3 is 5.32 Å². The van der Waals surface area contributed by atoms with Crippen molar-refractivity contribution in [3.63, 3.8) is 0 Å². The normalized spacial score (nSPS) is 17.4. The molecule has 3 aromatic rings. The largest absolute Gasteiger partial charge is 0.321 e. The molecule has 8 heteroatoms. The monoisotopic (exact) mass is 408 g/mol. The number of likely N-dealkylation sites (tertiary alicyclic amines) is 1. The van der Waals surface area contributed by atoms with Gasteiger partial charge in [-0.05, 0) is 73.5 Å². The van der Waals surface area contributed by atoms with Crippen LogP contribution >= 0.6 is 11.3 Å². The topological polar surface area (TPSA) is 75.9 Å². The average Bonchev–Trinajstić information content (AvgIpc) is 3.28. The van der Waals surface area contributed by atoms with E-state index in [-0.39, 0.29) is 5.91 Å². The maximum atomic E-state index is 12.7. The number of carbonyl (C=O) groups excluding carboxylic acids is 1. The number of thiophene rings is 1. The molecule has 2 fully saturated rings. The molecule has 0 unspecified atom stereocenters. The summed E-state index contributed by atoms with van der Waals surface area (Å²) in [6.07, 6.45) is 6.12. The molecule has 1 saturated carbocycles. The van der Waals surface area contributed by atoms with Gasteiger partial charge >= 0.3 is 0 Å². The summed E-state index contributed by atoms with van der Waals surface area (Å²) in [5.41, 5.74) is 1.67. The molecule has 2 aromatic heterocycles. The fourth-order valence-corrected chi connectivity index (χ4v) is 4.75. The molecule has 150 valence electrons. The molecule has 5 rings (SSSR count). The molecule has 0 radical (unpaired) electrons. The van der Waals surface area contributed by atoms with E-state index in [1.54, 1.807) is 11.3 Å². The van der Waals surface area contributed by atoms with E-state index >= 15 is 0 Å². The highest BCUT2D eigenvalue weighted by Crippen LogP contribution is 2.36. The van der Waals surface area contributed by atoms with E-state index in [1.807, 2.05) is 35.0 Å². The number of carbonyl (C=O) groups is 1. The van der Waals surface area contributed by atoms with Gasteiger partial charge in [0.25, 0.3) is 5.91 Å². The standard InChI is InChI=1S/C21H24N6OS/c28-21(19-10-9-18(29-19)14-26-11-2-1-3-12-26)22-16-6-4-5-15(13-16)20-23-24-25-27(20)17-7-8-17/h4-6,9-10,13,17H,1-3,7-8,11-12,14H2,(H,22,28). The third kappa shape index (κ3) is 4.23. The van der Waals surface area contributed by atoms with Crippen molar-refractivity contribution >= 4 is 22.9 Å². The molecule has 1 saturated heterocycles. The Morgan fingerprint density at radius 1 is 1.14 bits per heavy atom. The lowest BCUT2D eigenvalue weighted by molar-refractivity contribution is 0.103. The highest BCUT2D eigenvalue weighted by Gasteiger charge is 2.28. The van der Waals surface area contributed by atoms with E-state index < -0.39 is 0 Å². The molecule has 1 amide bonds. The third-order valence-corrected chi connectivity index (χ3v) is 6.55. The number of piperidine rings is 1. The molecule has 1 aliphatic heterocycles. The van der Waals surface area contributed by atoms with E-state index in [9.17, 15) is 4.79 Å². The number of hydrogen-bond acceptors (Lipinski definition) is 6. The van der Waals surface area contributed by atoms with Crippen molar-refractivity contribution < 1.29 is 4.79 Å². The van der Waals surface area contributed by atoms with Crippen molar-refractivity contribution in [3.8, 4) is 11.4 Å². The van der Waals surface area contributed by atoms with Crippen molar-refractivity contribution in [2.24, 2.45) is 0 Å². The Labute approximate surface area is 173 Å². The molecule has 1 aromatic carbocycles. The summed E-state index contributed by atoms with van der Waals surface area (Å²) in [6, 6.07) is 12.1. The van der Waals surface area contributed by atoms with Crippen LogP contribution in [0.2, 0.25) is 0 Å². The summed E-state index contributed by atoms with van der Waals surface area (Å²) in [6.45, 7) is 3.26. The summed E-state index contributed by atoms with van der Waals surface area (Å²) < 4.78 is 1.88. The molecular weight excluding hydrogens is 384 g/mol. The van der Waals surface area contributed by atoms with Gasteiger partial charge in [-0.15, -0.1) is 16.4 Å². The van der Waals surface area contributed by atoms with Gasteiger partial charge in [0.05, 0.1) is 10.9 Å². The third-order valence-electron chi connectivity index (χ3n) is 5.48. The van der Waals surface area contributed by atoms with Crippen LogP contribution < -0.4 is 5.32 Å². The number of tetrazole rings is 1. The van der Waals surface area contributed by atoms with Crippen molar-refractivity contribution in [3.05, 3.63) is 46.2 Å². The lowest BCUT2D eigenvalue weighted by Gasteiger charge is -2.25. The van der Waals surface area contributed by atoms with E-state index in [1.165, 1.54) is 24.1 Å². The number of amides is 1. The fraction of sp³-hybridized carbons (Fsp3) is 0.429. The predicted molar refractivity (Wildman–Crippen MR) is 113 cm³/mol. The molecule has 0 spiro atoms. The van der Waals surface area contributed by atoms with Crippen LogP contribution in [0.25, 0.3) is 11.4 Å². The maximum absolute atomic E-state index is 12.7. The van der Waals surface area contributed by atoms with Gasteiger partial charge in [0.1, 0.15) is 0 Å². The summed E-state index contributed by atoms with van der Waals surface area (Å²) in [4.78, 5) is 17.2. The quantitative estimate of drug-likeness (QED) is 0.668. The molecule has 0 atom stereocenters. The van der Waals surface area contributed by atoms with Crippen molar-refractivity contribution in [2.75, 3.05) is 18.4 Å². The lowest BCUT2D eigenvalue weighted by atomic mass is 10.1. The first-order chi connectivity index (χ1) is 14.3. The minimum atomic E-state index is -0.0705. The van der Waals surface area contributed by atoms with Crippen molar-refractivity contribution in [2.45, 2.75) is 44.7 Å². The Balaban J connectivity index is 1.27. The van der Waals surface area contributed by atoms with Crippen molar-refractivity contribution in [1.29, 1.82) is 0 Å². The van der Waals surface area contributed by atoms with Gasteiger partial charge in [0.15, 0.2) is 5.82 Å². The number of nitrogens with one attached hydrogen (secondary N) is 1. The Morgan fingerprint density at radius 2 is 2.00 bits per heavy atom. The van der Waals surface area contributed by atoms with Crippen LogP contribution in [0.5, 0.6) is 0 Å². The van der Waals surface area contributed by atoms with Gasteiger partial charge in [-0.1, -0.05) is 18.6 Å². The van der Waals surface area contributed by atoms with E-state index in [0.717, 1.165) is 54.4 Å². The first-order valence-corrected chi connectivity index (χ1v) is 11.1. The van der Waals surface area contributed by atoms with Crippen LogP contribution in [0.4, 0.5) is 5.69 Å². The highest BCUT2D eigenvalue weighted by atomic mass is 32.1. The van der Waals surface area contributed by atoms with Crippen LogP contribution in [0, 0.1) is 0 Å². The summed E-state index contributed by atoms with van der Waals surface area (Å²) in [5, 5.41) is 15.1. The Morgan fingerprint density at radius 3 is 2.83 bits per heavy atom. The van der Waals surface area contributed by atoms with Crippen LogP contribution in [0.1, 0.15) is 52.7 Å². The average molecular weight is 409 g/mol. The zero-order valence-electron chi connectivity index (χ0n) is 16.3. The minimum absolute atomic E-state index is 0.0705. The van der Waals surface area contributed by atoms with E-state index in [4.69, 9.17) is 0 Å². The Hall–Kier alpha value is -2.58. The predicted octanol–water partition coefficient (Wildman–Crippen LogP) is 3.97.